The molecule has 13 heteroatoms. The van der Waals surface area contributed by atoms with Crippen LogP contribution in [0.5, 0.6) is 28.7 Å². The van der Waals surface area contributed by atoms with Gasteiger partial charge in [-0.15, -0.1) is 0 Å². The Kier molecular flexibility index (Phi) is 13.6. The highest BCUT2D eigenvalue weighted by Gasteiger charge is 2.53. The molecule has 4 atom stereocenters. The van der Waals surface area contributed by atoms with E-state index in [0.29, 0.717) is 17.9 Å². The molecule has 1 unspecified atom stereocenters. The Morgan fingerprint density at radius 2 is 1.39 bits per heavy atom. The molecule has 7 N–H and O–H groups in total. The number of phenols is 1. The number of fused-ring (bicyclic) bond motifs is 3. The van der Waals surface area contributed by atoms with Crippen LogP contribution in [-0.2, 0) is 14.3 Å². The van der Waals surface area contributed by atoms with Gasteiger partial charge in [0.05, 0.1) is 32.8 Å². The fraction of sp³-hybridized carbons (Fsp3) is 0.611. The molecular weight excluding hydrogens is 630 g/mol. The van der Waals surface area contributed by atoms with E-state index >= 15 is 0 Å². The van der Waals surface area contributed by atoms with Crippen molar-refractivity contribution in [1.29, 1.82) is 0 Å². The molecule has 2 aromatic rings. The lowest BCUT2D eigenvalue weighted by atomic mass is 9.65. The SMILES string of the molecule is COc1cc(C2c3cc4c(cc3[C@@H](NC(=O)CCCCNCCCNCCCCNCCCN)[C@H]3COC(=O)[C@H]23)OCO4)cc(OC)c1O. The average molecular weight is 684 g/mol. The second-order valence-corrected chi connectivity index (χ2v) is 12.9. The van der Waals surface area contributed by atoms with Gasteiger partial charge in [-0.05, 0) is 125 Å². The van der Waals surface area contributed by atoms with E-state index in [0.717, 1.165) is 94.6 Å². The Morgan fingerprint density at radius 1 is 0.816 bits per heavy atom. The second kappa shape index (κ2) is 18.3. The summed E-state index contributed by atoms with van der Waals surface area (Å²) >= 11 is 0. The Hall–Kier alpha value is -3.78. The van der Waals surface area contributed by atoms with E-state index in [1.807, 2.05) is 12.1 Å². The van der Waals surface area contributed by atoms with E-state index in [4.69, 9.17) is 29.4 Å². The summed E-state index contributed by atoms with van der Waals surface area (Å²) in [6, 6.07) is 6.78. The minimum Gasteiger partial charge on any atom is -0.502 e. The van der Waals surface area contributed by atoms with Gasteiger partial charge in [-0.1, -0.05) is 0 Å². The number of phenolic OH excluding ortho intramolecular Hbond substituents is 1. The molecule has 49 heavy (non-hydrogen) atoms. The smallest absolute Gasteiger partial charge is 0.310 e. The van der Waals surface area contributed by atoms with Crippen molar-refractivity contribution in [3.63, 3.8) is 0 Å². The number of nitrogens with one attached hydrogen (secondary N) is 4. The summed E-state index contributed by atoms with van der Waals surface area (Å²) in [7, 11) is 2.93. The molecule has 1 saturated heterocycles. The number of benzene rings is 2. The number of amides is 1. The maximum atomic E-state index is 13.4. The topological polar surface area (TPSA) is 175 Å². The first-order chi connectivity index (χ1) is 24.0. The first-order valence-electron chi connectivity index (χ1n) is 17.6. The minimum atomic E-state index is -0.584. The zero-order valence-electron chi connectivity index (χ0n) is 28.8. The first kappa shape index (κ1) is 36.5. The Labute approximate surface area is 288 Å². The highest BCUT2D eigenvalue weighted by molar-refractivity contribution is 5.81. The van der Waals surface area contributed by atoms with Gasteiger partial charge < -0.3 is 55.8 Å². The molecule has 0 aromatic heterocycles. The molecule has 0 radical (unpaired) electrons. The summed E-state index contributed by atoms with van der Waals surface area (Å²) in [6.45, 7) is 6.86. The molecule has 13 nitrogen and oxygen atoms in total. The third-order valence-corrected chi connectivity index (χ3v) is 9.59. The maximum Gasteiger partial charge on any atom is 0.310 e. The van der Waals surface area contributed by atoms with Crippen LogP contribution >= 0.6 is 0 Å². The van der Waals surface area contributed by atoms with Crippen molar-refractivity contribution >= 4 is 11.9 Å². The van der Waals surface area contributed by atoms with Crippen LogP contribution in [0.25, 0.3) is 0 Å². The average Bonchev–Trinajstić information content (AvgIpc) is 3.73. The molecule has 1 amide bonds. The molecule has 0 spiro atoms. The number of esters is 1. The van der Waals surface area contributed by atoms with Gasteiger partial charge in [0.15, 0.2) is 23.0 Å². The molecule has 5 rings (SSSR count). The van der Waals surface area contributed by atoms with Gasteiger partial charge in [-0.25, -0.2) is 0 Å². The predicted octanol–water partition coefficient (Wildman–Crippen LogP) is 2.69. The lowest BCUT2D eigenvalue weighted by molar-refractivity contribution is -0.141. The summed E-state index contributed by atoms with van der Waals surface area (Å²) in [5.74, 6) is -0.263. The van der Waals surface area contributed by atoms with Crippen molar-refractivity contribution < 1.29 is 38.4 Å². The number of ether oxygens (including phenoxy) is 5. The van der Waals surface area contributed by atoms with Crippen LogP contribution in [-0.4, -0.2) is 90.4 Å². The number of hydrogen-bond donors (Lipinski definition) is 6. The maximum absolute atomic E-state index is 13.4. The highest BCUT2D eigenvalue weighted by atomic mass is 16.7. The van der Waals surface area contributed by atoms with Crippen molar-refractivity contribution in [2.45, 2.75) is 56.9 Å². The number of cyclic esters (lactones) is 1. The van der Waals surface area contributed by atoms with Gasteiger partial charge in [-0.2, -0.15) is 0 Å². The molecule has 2 heterocycles. The largest absolute Gasteiger partial charge is 0.502 e. The molecular formula is C36H53N5O8. The predicted molar refractivity (Wildman–Crippen MR) is 184 cm³/mol. The van der Waals surface area contributed by atoms with Gasteiger partial charge in [0.1, 0.15) is 0 Å². The van der Waals surface area contributed by atoms with E-state index in [9.17, 15) is 14.7 Å². The molecule has 1 fully saturated rings. The van der Waals surface area contributed by atoms with Crippen molar-refractivity contribution in [2.75, 3.05) is 73.4 Å². The van der Waals surface area contributed by atoms with Gasteiger partial charge in [0, 0.05) is 18.3 Å². The number of carbonyl (C=O) groups is 2. The lowest BCUT2D eigenvalue weighted by Gasteiger charge is -2.39. The second-order valence-electron chi connectivity index (χ2n) is 12.9. The minimum absolute atomic E-state index is 0.0723. The third-order valence-electron chi connectivity index (χ3n) is 9.59. The summed E-state index contributed by atoms with van der Waals surface area (Å²) < 4.78 is 28.0. The van der Waals surface area contributed by atoms with E-state index in [1.54, 1.807) is 12.1 Å². The molecule has 2 aliphatic heterocycles. The van der Waals surface area contributed by atoms with E-state index in [-0.39, 0.29) is 48.4 Å². The van der Waals surface area contributed by atoms with Crippen LogP contribution in [0.4, 0.5) is 0 Å². The van der Waals surface area contributed by atoms with Gasteiger partial charge >= 0.3 is 5.97 Å². The van der Waals surface area contributed by atoms with Gasteiger partial charge in [0.25, 0.3) is 0 Å². The zero-order chi connectivity index (χ0) is 34.6. The first-order valence-corrected chi connectivity index (χ1v) is 17.6. The highest BCUT2D eigenvalue weighted by Crippen LogP contribution is 2.55. The quantitative estimate of drug-likeness (QED) is 0.0840. The van der Waals surface area contributed by atoms with Crippen LogP contribution in [0, 0.1) is 11.8 Å². The van der Waals surface area contributed by atoms with Gasteiger partial charge in [0.2, 0.25) is 18.4 Å². The number of hydrogen-bond acceptors (Lipinski definition) is 12. The van der Waals surface area contributed by atoms with E-state index in [2.05, 4.69) is 21.3 Å². The standard InChI is InChI=1S/C36H53N5O8/c1-45-29-17-23(18-30(46-2)35(29)43)32-24-19-27-28(49-22-48-27)20-25(24)34(26-21-47-36(44)33(26)32)41-31(42)9-3-4-11-39-15-8-16-40-13-6-5-12-38-14-7-10-37/h17-20,26,32-34,38-40,43H,3-16,21-22,37H2,1-2H3,(H,41,42)/t26-,32?,33-,34+/m0/s1. The number of carbonyl (C=O) groups excluding carboxylic acids is 2. The fourth-order valence-electron chi connectivity index (χ4n) is 7.06. The molecule has 270 valence electrons. The summed E-state index contributed by atoms with van der Waals surface area (Å²) in [5.41, 5.74) is 7.89. The molecule has 1 aliphatic carbocycles. The zero-order valence-corrected chi connectivity index (χ0v) is 28.8. The van der Waals surface area contributed by atoms with Crippen LogP contribution < -0.4 is 45.9 Å². The summed E-state index contributed by atoms with van der Waals surface area (Å²) in [5, 5.41) is 24.2. The number of unbranched alkanes of at least 4 members (excludes halogenated alkanes) is 2. The van der Waals surface area contributed by atoms with E-state index in [1.165, 1.54) is 20.6 Å². The monoisotopic (exact) mass is 683 g/mol. The lowest BCUT2D eigenvalue weighted by Crippen LogP contribution is -2.42. The van der Waals surface area contributed by atoms with Crippen LogP contribution in [0.15, 0.2) is 24.3 Å². The van der Waals surface area contributed by atoms with Crippen molar-refractivity contribution in [2.24, 2.45) is 17.6 Å². The number of rotatable bonds is 21. The molecule has 0 bridgehead atoms. The van der Waals surface area contributed by atoms with Gasteiger partial charge in [-0.3, -0.25) is 9.59 Å². The Morgan fingerprint density at radius 3 is 2.00 bits per heavy atom. The van der Waals surface area contributed by atoms with Crippen molar-refractivity contribution in [3.8, 4) is 28.7 Å². The number of methoxy groups -OCH3 is 2. The Balaban J connectivity index is 1.14. The number of nitrogens with two attached hydrogens (primary N) is 1. The van der Waals surface area contributed by atoms with E-state index < -0.39 is 17.9 Å². The van der Waals surface area contributed by atoms with Crippen molar-refractivity contribution in [3.05, 3.63) is 41.0 Å². The third kappa shape index (κ3) is 9.07. The number of aromatic hydroxyl groups is 1. The summed E-state index contributed by atoms with van der Waals surface area (Å²) in [4.78, 5) is 26.7. The molecule has 0 saturated carbocycles. The molecule has 3 aliphatic rings. The van der Waals surface area contributed by atoms with Crippen LogP contribution in [0.3, 0.4) is 0 Å². The van der Waals surface area contributed by atoms with Crippen LogP contribution in [0.2, 0.25) is 0 Å². The molecule has 2 aromatic carbocycles. The fourth-order valence-corrected chi connectivity index (χ4v) is 7.06. The summed E-state index contributed by atoms with van der Waals surface area (Å²) in [6.07, 6.45) is 6.43. The normalized spacial score (nSPS) is 20.4. The Bertz CT molecular complexity index is 1380. The van der Waals surface area contributed by atoms with Crippen molar-refractivity contribution in [1.82, 2.24) is 21.3 Å². The van der Waals surface area contributed by atoms with Crippen LogP contribution in [0.1, 0.15) is 73.6 Å².